The second-order valence-electron chi connectivity index (χ2n) is 6.34. The highest BCUT2D eigenvalue weighted by molar-refractivity contribution is 5.78. The van der Waals surface area contributed by atoms with Crippen LogP contribution in [0.1, 0.15) is 33.1 Å². The number of carbonyl (C=O) groups is 1. The van der Waals surface area contributed by atoms with E-state index in [9.17, 15) is 4.79 Å². The van der Waals surface area contributed by atoms with Crippen molar-refractivity contribution in [1.29, 1.82) is 0 Å². The molecule has 0 aromatic heterocycles. The van der Waals surface area contributed by atoms with Gasteiger partial charge in [0.25, 0.3) is 0 Å². The van der Waals surface area contributed by atoms with Crippen molar-refractivity contribution in [3.8, 4) is 0 Å². The average Bonchev–Trinajstić information content (AvgIpc) is 2.48. The van der Waals surface area contributed by atoms with Crippen LogP contribution >= 0.6 is 0 Å². The summed E-state index contributed by atoms with van der Waals surface area (Å²) < 4.78 is 5.89. The van der Waals surface area contributed by atoms with Crippen molar-refractivity contribution in [1.82, 2.24) is 15.1 Å². The van der Waals surface area contributed by atoms with Gasteiger partial charge in [-0.1, -0.05) is 6.92 Å². The molecule has 0 aliphatic carbocycles. The third-order valence-electron chi connectivity index (χ3n) is 4.79. The van der Waals surface area contributed by atoms with Crippen LogP contribution in [0.25, 0.3) is 0 Å². The first kappa shape index (κ1) is 15.7. The molecule has 2 unspecified atom stereocenters. The Kier molecular flexibility index (Phi) is 5.41. The van der Waals surface area contributed by atoms with E-state index in [1.165, 1.54) is 0 Å². The topological polar surface area (TPSA) is 44.8 Å². The van der Waals surface area contributed by atoms with Crippen LogP contribution in [-0.2, 0) is 9.53 Å². The normalized spacial score (nSPS) is 31.6. The van der Waals surface area contributed by atoms with Gasteiger partial charge in [0.15, 0.2) is 0 Å². The van der Waals surface area contributed by atoms with Crippen LogP contribution < -0.4 is 5.32 Å². The molecular weight excluding hydrogens is 254 g/mol. The van der Waals surface area contributed by atoms with Crippen LogP contribution in [0.4, 0.5) is 0 Å². The molecule has 5 heteroatoms. The SMILES string of the molecule is CCC1(C)CC(N(C)CC(=O)N2CCNCC2)CCO1. The number of nitrogens with one attached hydrogen (secondary N) is 1. The number of likely N-dealkylation sites (N-methyl/N-ethyl adjacent to an activating group) is 1. The molecule has 0 saturated carbocycles. The number of ether oxygens (including phenoxy) is 1. The number of amides is 1. The fourth-order valence-corrected chi connectivity index (χ4v) is 3.08. The molecule has 116 valence electrons. The van der Waals surface area contributed by atoms with Gasteiger partial charge in [0, 0.05) is 38.8 Å². The third kappa shape index (κ3) is 3.93. The zero-order valence-corrected chi connectivity index (χ0v) is 13.2. The highest BCUT2D eigenvalue weighted by Crippen LogP contribution is 2.29. The zero-order chi connectivity index (χ0) is 14.6. The average molecular weight is 283 g/mol. The summed E-state index contributed by atoms with van der Waals surface area (Å²) in [5, 5.41) is 3.28. The fourth-order valence-electron chi connectivity index (χ4n) is 3.08. The molecule has 2 aliphatic heterocycles. The highest BCUT2D eigenvalue weighted by atomic mass is 16.5. The molecule has 0 spiro atoms. The largest absolute Gasteiger partial charge is 0.375 e. The molecule has 0 aromatic carbocycles. The van der Waals surface area contributed by atoms with Gasteiger partial charge in [-0.05, 0) is 33.2 Å². The van der Waals surface area contributed by atoms with Gasteiger partial charge in [0.2, 0.25) is 5.91 Å². The maximum Gasteiger partial charge on any atom is 0.236 e. The van der Waals surface area contributed by atoms with Crippen molar-refractivity contribution in [3.05, 3.63) is 0 Å². The Morgan fingerprint density at radius 3 is 2.80 bits per heavy atom. The van der Waals surface area contributed by atoms with Gasteiger partial charge in [-0.25, -0.2) is 0 Å². The Hall–Kier alpha value is -0.650. The predicted octanol–water partition coefficient (Wildman–Crippen LogP) is 0.698. The molecule has 1 N–H and O–H groups in total. The summed E-state index contributed by atoms with van der Waals surface area (Å²) in [6.45, 7) is 9.21. The van der Waals surface area contributed by atoms with Gasteiger partial charge in [0.1, 0.15) is 0 Å². The molecule has 2 aliphatic rings. The number of hydrogen-bond acceptors (Lipinski definition) is 4. The molecule has 20 heavy (non-hydrogen) atoms. The van der Waals surface area contributed by atoms with Crippen LogP contribution in [0.3, 0.4) is 0 Å². The van der Waals surface area contributed by atoms with Crippen molar-refractivity contribution < 1.29 is 9.53 Å². The lowest BCUT2D eigenvalue weighted by molar-refractivity contribution is -0.135. The van der Waals surface area contributed by atoms with E-state index in [0.717, 1.165) is 52.0 Å². The van der Waals surface area contributed by atoms with E-state index in [2.05, 4.69) is 31.1 Å². The summed E-state index contributed by atoms with van der Waals surface area (Å²) in [6.07, 6.45) is 3.08. The van der Waals surface area contributed by atoms with Crippen molar-refractivity contribution in [2.45, 2.75) is 44.8 Å². The fraction of sp³-hybridized carbons (Fsp3) is 0.933. The molecule has 0 aromatic rings. The van der Waals surface area contributed by atoms with Gasteiger partial charge in [-0.2, -0.15) is 0 Å². The highest BCUT2D eigenvalue weighted by Gasteiger charge is 2.34. The maximum atomic E-state index is 12.3. The van der Waals surface area contributed by atoms with Crippen LogP contribution in [-0.4, -0.2) is 73.7 Å². The Balaban J connectivity index is 1.84. The van der Waals surface area contributed by atoms with E-state index in [1.807, 2.05) is 4.90 Å². The number of piperazine rings is 1. The zero-order valence-electron chi connectivity index (χ0n) is 13.2. The number of rotatable bonds is 4. The summed E-state index contributed by atoms with van der Waals surface area (Å²) in [7, 11) is 2.08. The van der Waals surface area contributed by atoms with Crippen LogP contribution in [0, 0.1) is 0 Å². The minimum atomic E-state index is -0.0186. The third-order valence-corrected chi connectivity index (χ3v) is 4.79. The second kappa shape index (κ2) is 6.87. The van der Waals surface area contributed by atoms with Crippen LogP contribution in [0.2, 0.25) is 0 Å². The van der Waals surface area contributed by atoms with Gasteiger partial charge < -0.3 is 15.0 Å². The van der Waals surface area contributed by atoms with E-state index >= 15 is 0 Å². The van der Waals surface area contributed by atoms with Crippen LogP contribution in [0.5, 0.6) is 0 Å². The van der Waals surface area contributed by atoms with E-state index in [4.69, 9.17) is 4.74 Å². The first-order chi connectivity index (χ1) is 9.54. The molecule has 5 nitrogen and oxygen atoms in total. The molecule has 2 rings (SSSR count). The second-order valence-corrected chi connectivity index (χ2v) is 6.34. The van der Waals surface area contributed by atoms with Crippen molar-refractivity contribution >= 4 is 5.91 Å². The summed E-state index contributed by atoms with van der Waals surface area (Å²) in [6, 6.07) is 0.459. The Bertz CT molecular complexity index is 331. The van der Waals surface area contributed by atoms with E-state index in [-0.39, 0.29) is 11.5 Å². The van der Waals surface area contributed by atoms with E-state index in [1.54, 1.807) is 0 Å². The first-order valence-electron chi connectivity index (χ1n) is 7.87. The first-order valence-corrected chi connectivity index (χ1v) is 7.87. The number of hydrogen-bond donors (Lipinski definition) is 1. The van der Waals surface area contributed by atoms with Crippen LogP contribution in [0.15, 0.2) is 0 Å². The summed E-state index contributed by atoms with van der Waals surface area (Å²) in [5.41, 5.74) is -0.0186. The maximum absolute atomic E-state index is 12.3. The van der Waals surface area contributed by atoms with Gasteiger partial charge >= 0.3 is 0 Å². The standard InChI is InChI=1S/C15H29N3O2/c1-4-15(2)11-13(5-10-20-15)17(3)12-14(19)18-8-6-16-7-9-18/h13,16H,4-12H2,1-3H3. The van der Waals surface area contributed by atoms with Crippen molar-refractivity contribution in [2.24, 2.45) is 0 Å². The minimum Gasteiger partial charge on any atom is -0.375 e. The summed E-state index contributed by atoms with van der Waals surface area (Å²) in [4.78, 5) is 16.5. The molecule has 2 fully saturated rings. The molecule has 0 radical (unpaired) electrons. The molecule has 2 saturated heterocycles. The molecule has 2 heterocycles. The molecule has 0 bridgehead atoms. The minimum absolute atomic E-state index is 0.0186. The smallest absolute Gasteiger partial charge is 0.236 e. The van der Waals surface area contributed by atoms with Crippen molar-refractivity contribution in [2.75, 3.05) is 46.4 Å². The Morgan fingerprint density at radius 1 is 1.45 bits per heavy atom. The Morgan fingerprint density at radius 2 is 2.15 bits per heavy atom. The quantitative estimate of drug-likeness (QED) is 0.825. The molecule has 1 amide bonds. The van der Waals surface area contributed by atoms with Gasteiger partial charge in [-0.3, -0.25) is 9.69 Å². The van der Waals surface area contributed by atoms with E-state index in [0.29, 0.717) is 12.6 Å². The monoisotopic (exact) mass is 283 g/mol. The summed E-state index contributed by atoms with van der Waals surface area (Å²) >= 11 is 0. The number of carbonyl (C=O) groups excluding carboxylic acids is 1. The lowest BCUT2D eigenvalue weighted by Crippen LogP contribution is -2.52. The molecule has 2 atom stereocenters. The van der Waals surface area contributed by atoms with Gasteiger partial charge in [-0.15, -0.1) is 0 Å². The van der Waals surface area contributed by atoms with Gasteiger partial charge in [0.05, 0.1) is 12.1 Å². The summed E-state index contributed by atoms with van der Waals surface area (Å²) in [5.74, 6) is 0.263. The predicted molar refractivity (Wildman–Crippen MR) is 79.7 cm³/mol. The van der Waals surface area contributed by atoms with E-state index < -0.39 is 0 Å². The molecular formula is C15H29N3O2. The lowest BCUT2D eigenvalue weighted by atomic mass is 9.89. The lowest BCUT2D eigenvalue weighted by Gasteiger charge is -2.41. The Labute approximate surface area is 122 Å². The number of nitrogens with zero attached hydrogens (tertiary/aromatic N) is 2. The van der Waals surface area contributed by atoms with Crippen molar-refractivity contribution in [3.63, 3.8) is 0 Å².